The van der Waals surface area contributed by atoms with Gasteiger partial charge in [-0.1, -0.05) is 12.1 Å². The average Bonchev–Trinajstić information content (AvgIpc) is 3.02. The van der Waals surface area contributed by atoms with Gasteiger partial charge >= 0.3 is 0 Å². The second kappa shape index (κ2) is 6.95. The van der Waals surface area contributed by atoms with Gasteiger partial charge in [-0.25, -0.2) is 22.5 Å². The minimum atomic E-state index is -4.08. The average molecular weight is 382 g/mol. The molecule has 3 rings (SSSR count). The van der Waals surface area contributed by atoms with E-state index in [0.29, 0.717) is 5.01 Å². The van der Waals surface area contributed by atoms with Crippen molar-refractivity contribution in [3.63, 3.8) is 0 Å². The molecular weight excluding hydrogens is 367 g/mol. The first-order valence-corrected chi connectivity index (χ1v) is 9.50. The van der Waals surface area contributed by atoms with Crippen LogP contribution in [-0.4, -0.2) is 27.6 Å². The number of sulfonamides is 1. The first-order chi connectivity index (χ1) is 11.9. The Bertz CT molecular complexity index is 985. The molecule has 1 heterocycles. The first-order valence-electron chi connectivity index (χ1n) is 7.20. The maximum absolute atomic E-state index is 14.2. The van der Waals surface area contributed by atoms with Gasteiger partial charge in [-0.2, -0.15) is 0 Å². The lowest BCUT2D eigenvalue weighted by Gasteiger charge is -2.11. The SMILES string of the molecule is COc1cc(F)c(S(=O)(=O)NCc2nc3ccccc3s2)cc1OC. The number of rotatable bonds is 6. The number of halogens is 1. The normalized spacial score (nSPS) is 11.6. The van der Waals surface area contributed by atoms with Gasteiger partial charge in [0.05, 0.1) is 31.0 Å². The largest absolute Gasteiger partial charge is 0.493 e. The maximum Gasteiger partial charge on any atom is 0.244 e. The van der Waals surface area contributed by atoms with Crippen LogP contribution in [0.2, 0.25) is 0 Å². The molecule has 0 aliphatic carbocycles. The van der Waals surface area contributed by atoms with E-state index in [9.17, 15) is 12.8 Å². The molecule has 3 aromatic rings. The van der Waals surface area contributed by atoms with E-state index in [4.69, 9.17) is 9.47 Å². The van der Waals surface area contributed by atoms with Gasteiger partial charge in [0.25, 0.3) is 0 Å². The fourth-order valence-corrected chi connectivity index (χ4v) is 4.33. The molecule has 0 atom stereocenters. The fraction of sp³-hybridized carbons (Fsp3) is 0.188. The maximum atomic E-state index is 14.2. The van der Waals surface area contributed by atoms with Gasteiger partial charge in [-0.15, -0.1) is 11.3 Å². The third-order valence-corrected chi connectivity index (χ3v) is 5.93. The van der Waals surface area contributed by atoms with Crippen molar-refractivity contribution in [1.29, 1.82) is 0 Å². The Morgan fingerprint density at radius 1 is 1.16 bits per heavy atom. The molecule has 132 valence electrons. The number of fused-ring (bicyclic) bond motifs is 1. The fourth-order valence-electron chi connectivity index (χ4n) is 2.27. The van der Waals surface area contributed by atoms with Gasteiger partial charge in [0.15, 0.2) is 11.5 Å². The zero-order valence-electron chi connectivity index (χ0n) is 13.4. The molecule has 0 unspecified atom stereocenters. The van der Waals surface area contributed by atoms with Crippen LogP contribution < -0.4 is 14.2 Å². The molecule has 0 radical (unpaired) electrons. The van der Waals surface area contributed by atoms with Crippen molar-refractivity contribution in [2.24, 2.45) is 0 Å². The van der Waals surface area contributed by atoms with E-state index in [-0.39, 0.29) is 18.0 Å². The second-order valence-electron chi connectivity index (χ2n) is 5.04. The van der Waals surface area contributed by atoms with Crippen molar-refractivity contribution in [1.82, 2.24) is 9.71 Å². The van der Waals surface area contributed by atoms with Crippen molar-refractivity contribution in [2.75, 3.05) is 14.2 Å². The van der Waals surface area contributed by atoms with Crippen LogP contribution in [0, 0.1) is 5.82 Å². The summed E-state index contributed by atoms with van der Waals surface area (Å²) >= 11 is 1.37. The number of nitrogens with zero attached hydrogens (tertiary/aromatic N) is 1. The van der Waals surface area contributed by atoms with Crippen LogP contribution in [0.5, 0.6) is 11.5 Å². The highest BCUT2D eigenvalue weighted by atomic mass is 32.2. The van der Waals surface area contributed by atoms with Crippen LogP contribution in [0.4, 0.5) is 4.39 Å². The summed E-state index contributed by atoms with van der Waals surface area (Å²) in [4.78, 5) is 3.84. The predicted molar refractivity (Wildman–Crippen MR) is 93.1 cm³/mol. The number of hydrogen-bond donors (Lipinski definition) is 1. The Labute approximate surface area is 148 Å². The molecule has 0 saturated heterocycles. The predicted octanol–water partition coefficient (Wildman–Crippen LogP) is 2.93. The van der Waals surface area contributed by atoms with Gasteiger partial charge in [-0.3, -0.25) is 0 Å². The molecule has 0 fully saturated rings. The number of thiazole rings is 1. The number of para-hydroxylation sites is 1. The summed E-state index contributed by atoms with van der Waals surface area (Å²) in [5.74, 6) is -0.677. The Balaban J connectivity index is 1.86. The summed E-state index contributed by atoms with van der Waals surface area (Å²) in [6, 6.07) is 9.55. The zero-order valence-corrected chi connectivity index (χ0v) is 15.1. The molecule has 2 aromatic carbocycles. The third kappa shape index (κ3) is 3.58. The van der Waals surface area contributed by atoms with E-state index >= 15 is 0 Å². The minimum Gasteiger partial charge on any atom is -0.493 e. The molecule has 9 heteroatoms. The Hall–Kier alpha value is -2.23. The van der Waals surface area contributed by atoms with Gasteiger partial charge in [0.2, 0.25) is 10.0 Å². The van der Waals surface area contributed by atoms with E-state index < -0.39 is 20.7 Å². The Morgan fingerprint density at radius 3 is 2.52 bits per heavy atom. The van der Waals surface area contributed by atoms with Crippen LogP contribution in [0.1, 0.15) is 5.01 Å². The zero-order chi connectivity index (χ0) is 18.0. The number of benzene rings is 2. The highest BCUT2D eigenvalue weighted by Gasteiger charge is 2.23. The van der Waals surface area contributed by atoms with Gasteiger partial charge in [0.1, 0.15) is 15.7 Å². The third-order valence-electron chi connectivity index (χ3n) is 3.48. The van der Waals surface area contributed by atoms with Gasteiger partial charge in [0, 0.05) is 12.1 Å². The monoisotopic (exact) mass is 382 g/mol. The van der Waals surface area contributed by atoms with Gasteiger partial charge in [-0.05, 0) is 12.1 Å². The number of aromatic nitrogens is 1. The molecule has 6 nitrogen and oxygen atoms in total. The molecule has 25 heavy (non-hydrogen) atoms. The van der Waals surface area contributed by atoms with Gasteiger partial charge < -0.3 is 9.47 Å². The van der Waals surface area contributed by atoms with Crippen LogP contribution in [0.15, 0.2) is 41.3 Å². The lowest BCUT2D eigenvalue weighted by molar-refractivity contribution is 0.350. The molecule has 0 saturated carbocycles. The molecule has 0 aliphatic rings. The Kier molecular flexibility index (Phi) is 4.89. The molecule has 0 amide bonds. The summed E-state index contributed by atoms with van der Waals surface area (Å²) in [6.45, 7) is -0.0323. The van der Waals surface area contributed by atoms with E-state index in [1.807, 2.05) is 24.3 Å². The van der Waals surface area contributed by atoms with E-state index in [1.54, 1.807) is 0 Å². The summed E-state index contributed by atoms with van der Waals surface area (Å²) in [5.41, 5.74) is 0.791. The Morgan fingerprint density at radius 2 is 1.84 bits per heavy atom. The quantitative estimate of drug-likeness (QED) is 0.709. The number of hydrogen-bond acceptors (Lipinski definition) is 6. The van der Waals surface area contributed by atoms with Crippen LogP contribution in [-0.2, 0) is 16.6 Å². The molecule has 0 spiro atoms. The number of methoxy groups -OCH3 is 2. The molecular formula is C16H15FN2O4S2. The molecule has 1 N–H and O–H groups in total. The summed E-state index contributed by atoms with van der Waals surface area (Å²) in [7, 11) is -1.39. The lowest BCUT2D eigenvalue weighted by atomic mass is 10.3. The van der Waals surface area contributed by atoms with Crippen molar-refractivity contribution in [3.05, 3.63) is 47.2 Å². The minimum absolute atomic E-state index is 0.0323. The molecule has 0 aliphatic heterocycles. The van der Waals surface area contributed by atoms with Crippen molar-refractivity contribution in [2.45, 2.75) is 11.4 Å². The van der Waals surface area contributed by atoms with Crippen molar-refractivity contribution >= 4 is 31.6 Å². The van der Waals surface area contributed by atoms with Crippen LogP contribution in [0.25, 0.3) is 10.2 Å². The summed E-state index contributed by atoms with van der Waals surface area (Å²) < 4.78 is 52.4. The standard InChI is InChI=1S/C16H15FN2O4S2/c1-22-12-7-10(17)15(8-13(12)23-2)25(20,21)18-9-16-19-11-5-3-4-6-14(11)24-16/h3-8,18H,9H2,1-2H3. The highest BCUT2D eigenvalue weighted by Crippen LogP contribution is 2.32. The van der Waals surface area contributed by atoms with E-state index in [1.165, 1.54) is 25.6 Å². The first kappa shape index (κ1) is 17.6. The van der Waals surface area contributed by atoms with Crippen LogP contribution >= 0.6 is 11.3 Å². The number of ether oxygens (including phenoxy) is 2. The van der Waals surface area contributed by atoms with Crippen molar-refractivity contribution in [3.8, 4) is 11.5 Å². The smallest absolute Gasteiger partial charge is 0.244 e. The summed E-state index contributed by atoms with van der Waals surface area (Å²) in [6.07, 6.45) is 0. The highest BCUT2D eigenvalue weighted by molar-refractivity contribution is 7.89. The number of nitrogens with one attached hydrogen (secondary N) is 1. The van der Waals surface area contributed by atoms with E-state index in [0.717, 1.165) is 22.3 Å². The molecule has 1 aromatic heterocycles. The van der Waals surface area contributed by atoms with Crippen LogP contribution in [0.3, 0.4) is 0 Å². The topological polar surface area (TPSA) is 77.5 Å². The van der Waals surface area contributed by atoms with Crippen molar-refractivity contribution < 1.29 is 22.3 Å². The van der Waals surface area contributed by atoms with E-state index in [2.05, 4.69) is 9.71 Å². The second-order valence-corrected chi connectivity index (χ2v) is 7.89. The summed E-state index contributed by atoms with van der Waals surface area (Å²) in [5, 5.41) is 0.589. The lowest BCUT2D eigenvalue weighted by Crippen LogP contribution is -2.24. The molecule has 0 bridgehead atoms.